The first-order chi connectivity index (χ1) is 8.81. The molecule has 0 spiro atoms. The zero-order valence-corrected chi connectivity index (χ0v) is 10.9. The minimum absolute atomic E-state index is 0.285. The Hall–Kier alpha value is -1.75. The van der Waals surface area contributed by atoms with E-state index >= 15 is 0 Å². The number of nitrogens with one attached hydrogen (secondary N) is 1. The lowest BCUT2D eigenvalue weighted by Gasteiger charge is -2.17. The second kappa shape index (κ2) is 6.26. The van der Waals surface area contributed by atoms with E-state index in [9.17, 15) is 0 Å². The lowest BCUT2D eigenvalue weighted by Crippen LogP contribution is -2.22. The van der Waals surface area contributed by atoms with Crippen molar-refractivity contribution >= 4 is 0 Å². The number of hydrogen-bond acceptors (Lipinski definition) is 4. The van der Waals surface area contributed by atoms with Crippen molar-refractivity contribution in [3.05, 3.63) is 42.5 Å². The van der Waals surface area contributed by atoms with Crippen molar-refractivity contribution in [2.45, 2.75) is 25.8 Å². The number of imidazole rings is 1. The summed E-state index contributed by atoms with van der Waals surface area (Å²) in [7, 11) is 2.02. The highest BCUT2D eigenvalue weighted by Gasteiger charge is 2.12. The van der Waals surface area contributed by atoms with Gasteiger partial charge in [-0.3, -0.25) is 0 Å². The predicted octanol–water partition coefficient (Wildman–Crippen LogP) is 1.49. The first-order valence-corrected chi connectivity index (χ1v) is 6.25. The van der Waals surface area contributed by atoms with E-state index < -0.39 is 0 Å². The average molecular weight is 245 g/mol. The minimum Gasteiger partial charge on any atom is -0.338 e. The quantitative estimate of drug-likeness (QED) is 0.838. The maximum absolute atomic E-state index is 4.35. The molecule has 0 bridgehead atoms. The number of aryl methyl sites for hydroxylation is 2. The summed E-state index contributed by atoms with van der Waals surface area (Å²) in [6, 6.07) is 0.285. The molecule has 5 nitrogen and oxygen atoms in total. The van der Waals surface area contributed by atoms with Gasteiger partial charge in [0.2, 0.25) is 0 Å². The molecule has 0 amide bonds. The van der Waals surface area contributed by atoms with E-state index in [4.69, 9.17) is 0 Å². The van der Waals surface area contributed by atoms with Crippen molar-refractivity contribution in [1.82, 2.24) is 24.8 Å². The summed E-state index contributed by atoms with van der Waals surface area (Å²) in [5, 5.41) is 3.46. The second-order valence-electron chi connectivity index (χ2n) is 4.28. The van der Waals surface area contributed by atoms with Crippen molar-refractivity contribution in [1.29, 1.82) is 0 Å². The Balaban J connectivity index is 2.01. The molecule has 0 aliphatic rings. The van der Waals surface area contributed by atoms with Gasteiger partial charge in [0.15, 0.2) is 0 Å². The van der Waals surface area contributed by atoms with Gasteiger partial charge < -0.3 is 9.88 Å². The molecule has 2 heterocycles. The van der Waals surface area contributed by atoms with E-state index in [1.807, 2.05) is 31.8 Å². The fourth-order valence-electron chi connectivity index (χ4n) is 2.03. The van der Waals surface area contributed by atoms with Crippen LogP contribution in [0, 0.1) is 0 Å². The molecule has 2 rings (SSSR count). The van der Waals surface area contributed by atoms with E-state index in [0.29, 0.717) is 0 Å². The van der Waals surface area contributed by atoms with Crippen LogP contribution in [0.25, 0.3) is 0 Å². The molecule has 0 fully saturated rings. The summed E-state index contributed by atoms with van der Waals surface area (Å²) in [5.41, 5.74) is 1.13. The lowest BCUT2D eigenvalue weighted by molar-refractivity contribution is 0.503. The van der Waals surface area contributed by atoms with Gasteiger partial charge in [0, 0.05) is 49.9 Å². The molecule has 96 valence electrons. The van der Waals surface area contributed by atoms with Crippen LogP contribution in [0.5, 0.6) is 0 Å². The van der Waals surface area contributed by atoms with E-state index in [0.717, 1.165) is 30.8 Å². The van der Waals surface area contributed by atoms with Crippen molar-refractivity contribution in [2.75, 3.05) is 6.54 Å². The normalized spacial score (nSPS) is 12.6. The van der Waals surface area contributed by atoms with Gasteiger partial charge in [-0.1, -0.05) is 6.92 Å². The highest BCUT2D eigenvalue weighted by molar-refractivity contribution is 5.09. The molecular formula is C13H19N5. The third kappa shape index (κ3) is 3.13. The molecule has 1 N–H and O–H groups in total. The van der Waals surface area contributed by atoms with E-state index in [1.165, 1.54) is 0 Å². The maximum atomic E-state index is 4.35. The Kier molecular flexibility index (Phi) is 4.41. The highest BCUT2D eigenvalue weighted by atomic mass is 15.0. The SMILES string of the molecule is CCNC(CCc1nccn1C)c1cncnc1. The molecule has 2 aromatic rings. The zero-order valence-electron chi connectivity index (χ0n) is 10.9. The van der Waals surface area contributed by atoms with Gasteiger partial charge in [0.1, 0.15) is 12.2 Å². The third-order valence-corrected chi connectivity index (χ3v) is 3.01. The largest absolute Gasteiger partial charge is 0.338 e. The Bertz CT molecular complexity index is 465. The summed E-state index contributed by atoms with van der Waals surface area (Å²) in [5.74, 6) is 1.11. The van der Waals surface area contributed by atoms with Gasteiger partial charge in [0.05, 0.1) is 0 Å². The van der Waals surface area contributed by atoms with Crippen molar-refractivity contribution in [3.63, 3.8) is 0 Å². The molecule has 0 saturated carbocycles. The number of nitrogens with zero attached hydrogens (tertiary/aromatic N) is 4. The average Bonchev–Trinajstić information content (AvgIpc) is 2.81. The Morgan fingerprint density at radius 2 is 2.11 bits per heavy atom. The molecule has 0 aliphatic carbocycles. The third-order valence-electron chi connectivity index (χ3n) is 3.01. The Morgan fingerprint density at radius 1 is 1.33 bits per heavy atom. The topological polar surface area (TPSA) is 55.6 Å². The van der Waals surface area contributed by atoms with Crippen LogP contribution in [0.3, 0.4) is 0 Å². The van der Waals surface area contributed by atoms with E-state index in [1.54, 1.807) is 6.33 Å². The Morgan fingerprint density at radius 3 is 2.72 bits per heavy atom. The van der Waals surface area contributed by atoms with Crippen LogP contribution >= 0.6 is 0 Å². The van der Waals surface area contributed by atoms with Gasteiger partial charge in [-0.15, -0.1) is 0 Å². The summed E-state index contributed by atoms with van der Waals surface area (Å²) in [4.78, 5) is 12.5. The monoisotopic (exact) mass is 245 g/mol. The molecule has 2 aromatic heterocycles. The number of rotatable bonds is 6. The van der Waals surface area contributed by atoms with Gasteiger partial charge >= 0.3 is 0 Å². The summed E-state index contributed by atoms with van der Waals surface area (Å²) in [6.07, 6.45) is 11.1. The molecule has 18 heavy (non-hydrogen) atoms. The minimum atomic E-state index is 0.285. The predicted molar refractivity (Wildman–Crippen MR) is 70.0 cm³/mol. The fraction of sp³-hybridized carbons (Fsp3) is 0.462. The first kappa shape index (κ1) is 12.7. The van der Waals surface area contributed by atoms with E-state index in [2.05, 4.69) is 31.8 Å². The fourth-order valence-corrected chi connectivity index (χ4v) is 2.03. The van der Waals surface area contributed by atoms with Gasteiger partial charge in [-0.2, -0.15) is 0 Å². The molecular weight excluding hydrogens is 226 g/mol. The van der Waals surface area contributed by atoms with Crippen LogP contribution in [0.15, 0.2) is 31.1 Å². The lowest BCUT2D eigenvalue weighted by atomic mass is 10.0. The molecule has 5 heteroatoms. The van der Waals surface area contributed by atoms with Crippen molar-refractivity contribution in [3.8, 4) is 0 Å². The molecule has 1 atom stereocenters. The summed E-state index contributed by atoms with van der Waals surface area (Å²) < 4.78 is 2.06. The van der Waals surface area contributed by atoms with Crippen molar-refractivity contribution < 1.29 is 0 Å². The van der Waals surface area contributed by atoms with Crippen LogP contribution in [0.2, 0.25) is 0 Å². The highest BCUT2D eigenvalue weighted by Crippen LogP contribution is 2.16. The van der Waals surface area contributed by atoms with Crippen LogP contribution in [-0.4, -0.2) is 26.1 Å². The molecule has 1 unspecified atom stereocenters. The van der Waals surface area contributed by atoms with Gasteiger partial charge in [-0.05, 0) is 13.0 Å². The summed E-state index contributed by atoms with van der Waals surface area (Å²) in [6.45, 7) is 3.04. The van der Waals surface area contributed by atoms with Crippen LogP contribution in [0.4, 0.5) is 0 Å². The zero-order chi connectivity index (χ0) is 12.8. The molecule has 0 saturated heterocycles. The van der Waals surface area contributed by atoms with Gasteiger partial charge in [0.25, 0.3) is 0 Å². The van der Waals surface area contributed by atoms with E-state index in [-0.39, 0.29) is 6.04 Å². The number of hydrogen-bond donors (Lipinski definition) is 1. The smallest absolute Gasteiger partial charge is 0.115 e. The summed E-state index contributed by atoms with van der Waals surface area (Å²) >= 11 is 0. The second-order valence-corrected chi connectivity index (χ2v) is 4.28. The Labute approximate surface area is 107 Å². The van der Waals surface area contributed by atoms with Crippen LogP contribution < -0.4 is 5.32 Å². The maximum Gasteiger partial charge on any atom is 0.115 e. The van der Waals surface area contributed by atoms with Crippen LogP contribution in [-0.2, 0) is 13.5 Å². The van der Waals surface area contributed by atoms with Crippen molar-refractivity contribution in [2.24, 2.45) is 7.05 Å². The molecule has 0 radical (unpaired) electrons. The number of aromatic nitrogens is 4. The molecule has 0 aliphatic heterocycles. The molecule has 0 aromatic carbocycles. The van der Waals surface area contributed by atoms with Gasteiger partial charge in [-0.25, -0.2) is 15.0 Å². The standard InChI is InChI=1S/C13H19N5/c1-3-16-12(11-8-14-10-15-9-11)4-5-13-17-6-7-18(13)2/h6-10,12,16H,3-5H2,1-2H3. The first-order valence-electron chi connectivity index (χ1n) is 6.25. The van der Waals surface area contributed by atoms with Crippen LogP contribution in [0.1, 0.15) is 30.8 Å².